The molecule has 18 nitrogen and oxygen atoms in total. The molecule has 18 heteroatoms. The highest BCUT2D eigenvalue weighted by Gasteiger charge is 2.47. The van der Waals surface area contributed by atoms with Crippen molar-refractivity contribution in [3.05, 3.63) is 47.2 Å². The van der Waals surface area contributed by atoms with Gasteiger partial charge in [0, 0.05) is 17.9 Å². The molecule has 274 valence electrons. The minimum atomic E-state index is -1.73. The zero-order valence-electron chi connectivity index (χ0n) is 26.5. The van der Waals surface area contributed by atoms with Crippen molar-refractivity contribution in [2.24, 2.45) is 5.92 Å². The Bertz CT molecular complexity index is 1350. The maximum Gasteiger partial charge on any atom is 0.337 e. The van der Waals surface area contributed by atoms with Gasteiger partial charge in [0.25, 0.3) is 0 Å². The van der Waals surface area contributed by atoms with E-state index in [1.165, 1.54) is 24.3 Å². The van der Waals surface area contributed by atoms with Gasteiger partial charge in [-0.1, -0.05) is 12.1 Å². The molecule has 2 fully saturated rings. The number of esters is 2. The van der Waals surface area contributed by atoms with Gasteiger partial charge in [-0.05, 0) is 24.6 Å². The minimum Gasteiger partial charge on any atom is -0.504 e. The second kappa shape index (κ2) is 17.0. The molecule has 0 aliphatic carbocycles. The van der Waals surface area contributed by atoms with Crippen molar-refractivity contribution in [2.45, 2.75) is 87.5 Å². The van der Waals surface area contributed by atoms with Gasteiger partial charge in [-0.2, -0.15) is 0 Å². The van der Waals surface area contributed by atoms with Gasteiger partial charge in [-0.3, -0.25) is 4.79 Å². The number of aromatic hydroxyl groups is 1. The molecule has 9 N–H and O–H groups in total. The van der Waals surface area contributed by atoms with Gasteiger partial charge in [-0.15, -0.1) is 0 Å². The summed E-state index contributed by atoms with van der Waals surface area (Å²) in [6.07, 6.45) is -14.6. The Labute approximate surface area is 279 Å². The lowest BCUT2D eigenvalue weighted by molar-refractivity contribution is -0.327. The summed E-state index contributed by atoms with van der Waals surface area (Å²) in [6.45, 7) is 0.0864. The largest absolute Gasteiger partial charge is 0.504 e. The first-order valence-corrected chi connectivity index (χ1v) is 15.4. The summed E-state index contributed by atoms with van der Waals surface area (Å²) in [5.74, 6) is -3.02. The fourth-order valence-corrected chi connectivity index (χ4v) is 5.54. The fourth-order valence-electron chi connectivity index (χ4n) is 5.54. The molecule has 0 saturated carbocycles. The molecule has 3 heterocycles. The molecule has 49 heavy (non-hydrogen) atoms. The number of phenolic OH excluding ortho intramolecular Hbond substituents is 1. The minimum absolute atomic E-state index is 0.0406. The number of carbonyl (C=O) groups is 2. The molecule has 1 aromatic rings. The Kier molecular flexibility index (Phi) is 13.3. The van der Waals surface area contributed by atoms with Crippen LogP contribution in [0.15, 0.2) is 41.7 Å². The lowest BCUT2D eigenvalue weighted by Gasteiger charge is -2.41. The van der Waals surface area contributed by atoms with E-state index in [2.05, 4.69) is 0 Å². The lowest BCUT2D eigenvalue weighted by Crippen LogP contribution is -2.60. The number of methoxy groups -OCH3 is 1. The number of benzene rings is 1. The zero-order chi connectivity index (χ0) is 36.0. The van der Waals surface area contributed by atoms with E-state index < -0.39 is 98.8 Å². The van der Waals surface area contributed by atoms with Crippen LogP contribution in [0.5, 0.6) is 11.5 Å². The van der Waals surface area contributed by atoms with E-state index in [0.29, 0.717) is 5.56 Å². The number of hydrogen-bond acceptors (Lipinski definition) is 18. The SMILES string of the molecule is CC=C1[C@H](O[C@@H]2O[C@H](CO)[C@@H](O)[C@H](O)[C@H]2O)OC=C(C(=O)OC)[C@H]1CC(=O)OCCc1ccc(O[C@@H]2O[C@H](CO)[C@@H](O)[C@H](O)[C@H]2O)c(O)c1. The first-order chi connectivity index (χ1) is 23.3. The van der Waals surface area contributed by atoms with Gasteiger partial charge < -0.3 is 79.1 Å². The van der Waals surface area contributed by atoms with Crippen LogP contribution in [0.2, 0.25) is 0 Å². The first-order valence-electron chi connectivity index (χ1n) is 15.4. The molecular weight excluding hydrogens is 660 g/mol. The third kappa shape index (κ3) is 8.67. The van der Waals surface area contributed by atoms with Crippen molar-refractivity contribution in [3.8, 4) is 11.5 Å². The van der Waals surface area contributed by atoms with Crippen molar-refractivity contribution in [1.29, 1.82) is 0 Å². The normalized spacial score (nSPS) is 35.6. The highest BCUT2D eigenvalue weighted by Crippen LogP contribution is 2.36. The van der Waals surface area contributed by atoms with E-state index in [9.17, 15) is 55.5 Å². The number of phenols is 1. The number of hydrogen-bond donors (Lipinski definition) is 9. The van der Waals surface area contributed by atoms with Crippen LogP contribution in [0, 0.1) is 5.92 Å². The zero-order valence-corrected chi connectivity index (χ0v) is 26.5. The average molecular weight is 703 g/mol. The second-order valence-electron chi connectivity index (χ2n) is 11.5. The molecule has 0 bridgehead atoms. The van der Waals surface area contributed by atoms with E-state index in [0.717, 1.165) is 13.4 Å². The van der Waals surface area contributed by atoms with Crippen molar-refractivity contribution in [2.75, 3.05) is 26.9 Å². The summed E-state index contributed by atoms with van der Waals surface area (Å²) >= 11 is 0. The highest BCUT2D eigenvalue weighted by atomic mass is 16.8. The Morgan fingerprint density at radius 2 is 1.49 bits per heavy atom. The summed E-state index contributed by atoms with van der Waals surface area (Å²) in [7, 11) is 1.14. The van der Waals surface area contributed by atoms with E-state index in [4.69, 9.17) is 33.2 Å². The van der Waals surface area contributed by atoms with Crippen LogP contribution in [-0.2, 0) is 44.4 Å². The molecule has 2 saturated heterocycles. The molecule has 1 aromatic carbocycles. The van der Waals surface area contributed by atoms with Crippen LogP contribution in [0.4, 0.5) is 0 Å². The van der Waals surface area contributed by atoms with Gasteiger partial charge in [-0.25, -0.2) is 4.79 Å². The number of allylic oxidation sites excluding steroid dienone is 1. The lowest BCUT2D eigenvalue weighted by atomic mass is 9.86. The fraction of sp³-hybridized carbons (Fsp3) is 0.613. The third-order valence-electron chi connectivity index (χ3n) is 8.37. The maximum atomic E-state index is 13.0. The van der Waals surface area contributed by atoms with Crippen molar-refractivity contribution in [3.63, 3.8) is 0 Å². The molecule has 0 spiro atoms. The monoisotopic (exact) mass is 702 g/mol. The van der Waals surface area contributed by atoms with Crippen LogP contribution in [0.25, 0.3) is 0 Å². The van der Waals surface area contributed by atoms with Gasteiger partial charge in [0.1, 0.15) is 48.8 Å². The van der Waals surface area contributed by atoms with Crippen molar-refractivity contribution < 1.29 is 88.7 Å². The summed E-state index contributed by atoms with van der Waals surface area (Å²) < 4.78 is 37.6. The maximum absolute atomic E-state index is 13.0. The van der Waals surface area contributed by atoms with Gasteiger partial charge >= 0.3 is 11.9 Å². The van der Waals surface area contributed by atoms with Gasteiger partial charge in [0.2, 0.25) is 12.6 Å². The predicted molar refractivity (Wildman–Crippen MR) is 159 cm³/mol. The smallest absolute Gasteiger partial charge is 0.337 e. The van der Waals surface area contributed by atoms with E-state index in [1.54, 1.807) is 6.92 Å². The molecule has 4 rings (SSSR count). The highest BCUT2D eigenvalue weighted by molar-refractivity contribution is 5.90. The van der Waals surface area contributed by atoms with E-state index >= 15 is 0 Å². The second-order valence-corrected chi connectivity index (χ2v) is 11.5. The van der Waals surface area contributed by atoms with Crippen molar-refractivity contribution >= 4 is 11.9 Å². The standard InChI is InChI=1S/C31H42O18/c1-3-14-15(16(28(42)43-2)12-45-29(14)49-31-27(41)25(39)23(37)20(11-33)48-31)9-21(35)44-7-6-13-4-5-18(17(34)8-13)46-30-26(40)24(38)22(36)19(10-32)47-30/h3-5,8,12,15,19-20,22-27,29-34,36-41H,6-7,9-11H2,1-2H3/t15-,19+,20+,22+,23+,24-,25-,26+,27+,29-,30+,31-/m0/s1. The molecule has 0 amide bonds. The molecular formula is C31H42O18. The number of ether oxygens (including phenoxy) is 7. The molecule has 3 aliphatic rings. The number of aliphatic hydroxyl groups is 8. The summed E-state index contributed by atoms with van der Waals surface area (Å²) in [5, 5.41) is 90.0. The Morgan fingerprint density at radius 3 is 2.06 bits per heavy atom. The van der Waals surface area contributed by atoms with E-state index in [-0.39, 0.29) is 42.1 Å². The molecule has 0 unspecified atom stereocenters. The van der Waals surface area contributed by atoms with Gasteiger partial charge in [0.15, 0.2) is 17.8 Å². The third-order valence-corrected chi connectivity index (χ3v) is 8.37. The Hall–Kier alpha value is -3.40. The number of rotatable bonds is 12. The van der Waals surface area contributed by atoms with E-state index in [1.807, 2.05) is 0 Å². The topological polar surface area (TPSA) is 281 Å². The summed E-state index contributed by atoms with van der Waals surface area (Å²) in [6, 6.07) is 4.18. The first kappa shape index (κ1) is 38.4. The van der Waals surface area contributed by atoms with Crippen molar-refractivity contribution in [1.82, 2.24) is 0 Å². The summed E-state index contributed by atoms with van der Waals surface area (Å²) in [5.41, 5.74) is 0.715. The van der Waals surface area contributed by atoms with Crippen LogP contribution in [0.1, 0.15) is 18.9 Å². The Balaban J connectivity index is 1.37. The number of aliphatic hydroxyl groups excluding tert-OH is 8. The molecule has 0 aromatic heterocycles. The van der Waals surface area contributed by atoms with Gasteiger partial charge in [0.05, 0.1) is 45.2 Å². The molecule has 12 atom stereocenters. The molecule has 3 aliphatic heterocycles. The Morgan fingerprint density at radius 1 is 0.878 bits per heavy atom. The molecule has 0 radical (unpaired) electrons. The summed E-state index contributed by atoms with van der Waals surface area (Å²) in [4.78, 5) is 25.5. The quantitative estimate of drug-likeness (QED) is 0.0767. The van der Waals surface area contributed by atoms with Crippen LogP contribution in [-0.4, -0.2) is 153 Å². The van der Waals surface area contributed by atoms with Crippen LogP contribution in [0.3, 0.4) is 0 Å². The van der Waals surface area contributed by atoms with Crippen LogP contribution >= 0.6 is 0 Å². The van der Waals surface area contributed by atoms with Crippen LogP contribution < -0.4 is 4.74 Å². The number of carbonyl (C=O) groups excluding carboxylic acids is 2. The average Bonchev–Trinajstić information content (AvgIpc) is 3.09. The predicted octanol–water partition coefficient (Wildman–Crippen LogP) is -3.16.